The zero-order valence-corrected chi connectivity index (χ0v) is 14.3. The van der Waals surface area contributed by atoms with Crippen molar-refractivity contribution >= 4 is 31.9 Å². The monoisotopic (exact) mass is 459 g/mol. The first kappa shape index (κ1) is 18.2. The maximum Gasteiger partial charge on any atom is 0.468 e. The van der Waals surface area contributed by atoms with Crippen molar-refractivity contribution in [3.63, 3.8) is 0 Å². The molecule has 0 saturated heterocycles. The van der Waals surface area contributed by atoms with E-state index in [0.29, 0.717) is 27.5 Å². The summed E-state index contributed by atoms with van der Waals surface area (Å²) in [6, 6.07) is 0. The van der Waals surface area contributed by atoms with Crippen LogP contribution in [0.25, 0.3) is 0 Å². The molecule has 0 amide bonds. The van der Waals surface area contributed by atoms with Gasteiger partial charge in [0.05, 0.1) is 12.2 Å². The van der Waals surface area contributed by atoms with Gasteiger partial charge in [-0.3, -0.25) is 0 Å². The van der Waals surface area contributed by atoms with E-state index < -0.39 is 29.1 Å². The Labute approximate surface area is 144 Å². The minimum absolute atomic E-state index is 0.0958. The van der Waals surface area contributed by atoms with E-state index in [0.717, 1.165) is 6.42 Å². The molecule has 0 spiro atoms. The molecule has 0 atom stereocenters. The first-order valence-corrected chi connectivity index (χ1v) is 7.74. The highest BCUT2D eigenvalue weighted by Crippen LogP contribution is 2.44. The van der Waals surface area contributed by atoms with Crippen molar-refractivity contribution in [1.29, 1.82) is 0 Å². The molecule has 122 valence electrons. The van der Waals surface area contributed by atoms with Gasteiger partial charge in [0.25, 0.3) is 0 Å². The maximum atomic E-state index is 13.1. The number of alkyl halides is 6. The van der Waals surface area contributed by atoms with Crippen molar-refractivity contribution in [3.8, 4) is 0 Å². The molecule has 0 aliphatic heterocycles. The first-order chi connectivity index (χ1) is 10.5. The smallest absolute Gasteiger partial charge is 0.154 e. The van der Waals surface area contributed by atoms with Gasteiger partial charge in [-0.15, -0.1) is 0 Å². The largest absolute Gasteiger partial charge is 0.468 e. The van der Waals surface area contributed by atoms with E-state index in [-0.39, 0.29) is 5.57 Å². The molecule has 0 nitrogen and oxygen atoms in total. The van der Waals surface area contributed by atoms with Crippen LogP contribution in [0.1, 0.15) is 6.42 Å². The van der Waals surface area contributed by atoms with Gasteiger partial charge < -0.3 is 0 Å². The molecule has 0 aromatic carbocycles. The lowest BCUT2D eigenvalue weighted by molar-refractivity contribution is -0.0976. The van der Waals surface area contributed by atoms with E-state index >= 15 is 0 Å². The van der Waals surface area contributed by atoms with Gasteiger partial charge in [0, 0.05) is 21.0 Å². The molecule has 0 heterocycles. The van der Waals surface area contributed by atoms with Crippen molar-refractivity contribution in [2.24, 2.45) is 0 Å². The maximum absolute atomic E-state index is 13.1. The van der Waals surface area contributed by atoms with Crippen LogP contribution < -0.4 is 0 Å². The lowest BCUT2D eigenvalue weighted by atomic mass is 9.90. The summed E-state index contributed by atoms with van der Waals surface area (Å²) >= 11 is 6.26. The third-order valence-electron chi connectivity index (χ3n) is 3.00. The second kappa shape index (κ2) is 6.42. The Morgan fingerprint density at radius 3 is 1.65 bits per heavy atom. The topological polar surface area (TPSA) is 0 Å². The van der Waals surface area contributed by atoms with Crippen molar-refractivity contribution in [2.75, 3.05) is 0 Å². The second-order valence-electron chi connectivity index (χ2n) is 4.56. The lowest BCUT2D eigenvalue weighted by Gasteiger charge is -2.15. The molecule has 0 bridgehead atoms. The number of allylic oxidation sites excluding steroid dienone is 9. The van der Waals surface area contributed by atoms with Crippen LogP contribution in [0.2, 0.25) is 0 Å². The average molecular weight is 461 g/mol. The molecule has 0 N–H and O–H groups in total. The van der Waals surface area contributed by atoms with Crippen molar-refractivity contribution in [3.05, 3.63) is 67.7 Å². The Hall–Kier alpha value is -1.11. The molecule has 23 heavy (non-hydrogen) atoms. The quantitative estimate of drug-likeness (QED) is 0.217. The van der Waals surface area contributed by atoms with Crippen LogP contribution >= 0.6 is 31.9 Å². The normalized spacial score (nSPS) is 19.3. The summed E-state index contributed by atoms with van der Waals surface area (Å²) in [5.74, 6) is 0. The Bertz CT molecular complexity index is 655. The van der Waals surface area contributed by atoms with Gasteiger partial charge in [-0.25, -0.2) is 0 Å². The number of hydrogen-bond acceptors (Lipinski definition) is 0. The van der Waals surface area contributed by atoms with E-state index in [1.54, 1.807) is 12.2 Å². The molecule has 0 aromatic heterocycles. The Morgan fingerprint density at radius 1 is 0.826 bits per heavy atom. The number of rotatable bonds is 0. The van der Waals surface area contributed by atoms with Gasteiger partial charge in [-0.05, 0) is 38.3 Å². The molecule has 2 aliphatic rings. The van der Waals surface area contributed by atoms with Crippen molar-refractivity contribution in [2.45, 2.75) is 18.8 Å². The Balaban J connectivity index is 2.76. The molecule has 0 radical (unpaired) electrons. The lowest BCUT2D eigenvalue weighted by Crippen LogP contribution is -2.23. The molecule has 2 aliphatic carbocycles. The van der Waals surface area contributed by atoms with E-state index in [2.05, 4.69) is 37.6 Å². The summed E-state index contributed by atoms with van der Waals surface area (Å²) < 4.78 is 79.3. The van der Waals surface area contributed by atoms with Gasteiger partial charge in [0.2, 0.25) is 0 Å². The van der Waals surface area contributed by atoms with Gasteiger partial charge in [-0.1, -0.05) is 17.9 Å². The third kappa shape index (κ3) is 4.05. The SMILES string of the molecule is FC(F)(F)C1=C[CH+]C=C(C(F)(F)F)C1=C=C1C(Br)=CCC=C1Br. The fraction of sp³-hybridized carbons (Fsp3) is 0.200. The Kier molecular flexibility index (Phi) is 5.09. The van der Waals surface area contributed by atoms with E-state index in [1.807, 2.05) is 0 Å². The zero-order valence-electron chi connectivity index (χ0n) is 11.1. The highest BCUT2D eigenvalue weighted by atomic mass is 79.9. The first-order valence-electron chi connectivity index (χ1n) is 6.15. The minimum atomic E-state index is -4.93. The van der Waals surface area contributed by atoms with Crippen molar-refractivity contribution in [1.82, 2.24) is 0 Å². The fourth-order valence-electron chi connectivity index (χ4n) is 1.99. The predicted molar refractivity (Wildman–Crippen MR) is 81.8 cm³/mol. The minimum Gasteiger partial charge on any atom is -0.154 e. The summed E-state index contributed by atoms with van der Waals surface area (Å²) in [7, 11) is 0. The summed E-state index contributed by atoms with van der Waals surface area (Å²) in [6.45, 7) is 0. The van der Waals surface area contributed by atoms with Crippen LogP contribution in [-0.4, -0.2) is 12.4 Å². The molecule has 8 heteroatoms. The van der Waals surface area contributed by atoms with E-state index in [1.165, 1.54) is 0 Å². The predicted octanol–water partition coefficient (Wildman–Crippen LogP) is 6.59. The van der Waals surface area contributed by atoms with Gasteiger partial charge in [0.1, 0.15) is 0 Å². The van der Waals surface area contributed by atoms with Crippen LogP contribution in [0.3, 0.4) is 0 Å². The molecular weight excluding hydrogens is 454 g/mol. The molecule has 0 unspecified atom stereocenters. The molecule has 0 fully saturated rings. The van der Waals surface area contributed by atoms with E-state index in [9.17, 15) is 26.3 Å². The van der Waals surface area contributed by atoms with Crippen LogP contribution in [0.5, 0.6) is 0 Å². The summed E-state index contributed by atoms with van der Waals surface area (Å²) in [4.78, 5) is 0. The standard InChI is InChI=1S/C15H7Br2F6/c16-12-5-2-6-13(17)9(12)7-8-10(14(18,19)20)3-1-4-11(8)15(21,22)23/h1,3-6H,2H2/q+1. The molecular formula is C15H7Br2F6+. The highest BCUT2D eigenvalue weighted by Gasteiger charge is 2.52. The molecule has 0 aromatic rings. The van der Waals surface area contributed by atoms with E-state index in [4.69, 9.17) is 0 Å². The number of halogens is 8. The fourth-order valence-corrected chi connectivity index (χ4v) is 3.25. The van der Waals surface area contributed by atoms with Crippen LogP contribution in [0.4, 0.5) is 26.3 Å². The summed E-state index contributed by atoms with van der Waals surface area (Å²) in [5.41, 5.74) is -1.42. The van der Waals surface area contributed by atoms with Crippen molar-refractivity contribution < 1.29 is 26.3 Å². The average Bonchev–Trinajstić information content (AvgIpc) is 2.40. The highest BCUT2D eigenvalue weighted by molar-refractivity contribution is 9.12. The summed E-state index contributed by atoms with van der Waals surface area (Å²) in [6.07, 6.45) is -4.16. The Morgan fingerprint density at radius 2 is 1.26 bits per heavy atom. The molecule has 2 rings (SSSR count). The van der Waals surface area contributed by atoms with Crippen LogP contribution in [0, 0.1) is 6.42 Å². The second-order valence-corrected chi connectivity index (χ2v) is 6.27. The van der Waals surface area contributed by atoms with Crippen LogP contribution in [-0.2, 0) is 0 Å². The number of hydrogen-bond donors (Lipinski definition) is 0. The zero-order chi connectivity index (χ0) is 17.4. The van der Waals surface area contributed by atoms with Crippen LogP contribution in [0.15, 0.2) is 61.3 Å². The third-order valence-corrected chi connectivity index (χ3v) is 4.44. The van der Waals surface area contributed by atoms with Gasteiger partial charge in [0.15, 0.2) is 16.7 Å². The van der Waals surface area contributed by atoms with Gasteiger partial charge >= 0.3 is 12.4 Å². The molecule has 0 saturated carbocycles. The summed E-state index contributed by atoms with van der Waals surface area (Å²) in [5, 5.41) is 0. The van der Waals surface area contributed by atoms with Gasteiger partial charge in [-0.2, -0.15) is 26.3 Å².